The van der Waals surface area contributed by atoms with E-state index in [0.717, 1.165) is 33.4 Å². The van der Waals surface area contributed by atoms with Gasteiger partial charge in [0.1, 0.15) is 16.0 Å². The van der Waals surface area contributed by atoms with Gasteiger partial charge in [-0.3, -0.25) is 14.5 Å². The maximum Gasteiger partial charge on any atom is 0.266 e. The summed E-state index contributed by atoms with van der Waals surface area (Å²) < 4.78 is 13.8. The molecule has 0 aliphatic carbocycles. The zero-order valence-electron chi connectivity index (χ0n) is 19.7. The summed E-state index contributed by atoms with van der Waals surface area (Å²) in [4.78, 5) is 34.2. The van der Waals surface area contributed by atoms with Crippen LogP contribution in [0.3, 0.4) is 0 Å². The number of aromatic nitrogens is 1. The zero-order chi connectivity index (χ0) is 25.4. The van der Waals surface area contributed by atoms with Gasteiger partial charge in [-0.05, 0) is 55.2 Å². The lowest BCUT2D eigenvalue weighted by Gasteiger charge is -2.32. The van der Waals surface area contributed by atoms with Crippen LogP contribution in [0.2, 0.25) is 0 Å². The van der Waals surface area contributed by atoms with Gasteiger partial charge in [0.05, 0.1) is 17.0 Å². The van der Waals surface area contributed by atoms with Crippen LogP contribution in [-0.4, -0.2) is 39.1 Å². The zero-order valence-corrected chi connectivity index (χ0v) is 21.4. The van der Waals surface area contributed by atoms with E-state index >= 15 is 0 Å². The molecule has 5 rings (SSSR count). The van der Waals surface area contributed by atoms with Crippen molar-refractivity contribution < 1.29 is 14.0 Å². The van der Waals surface area contributed by atoms with Gasteiger partial charge in [-0.1, -0.05) is 54.3 Å². The van der Waals surface area contributed by atoms with Gasteiger partial charge in [0.2, 0.25) is 5.91 Å². The van der Waals surface area contributed by atoms with Gasteiger partial charge >= 0.3 is 0 Å². The van der Waals surface area contributed by atoms with Crippen LogP contribution in [0.4, 0.5) is 10.2 Å². The third-order valence-electron chi connectivity index (χ3n) is 6.67. The highest BCUT2D eigenvalue weighted by atomic mass is 32.2. The summed E-state index contributed by atoms with van der Waals surface area (Å²) in [5.74, 6) is -0.118. The Morgan fingerprint density at radius 3 is 2.64 bits per heavy atom. The largest absolute Gasteiger partial charge is 0.369 e. The number of nitrogens with zero attached hydrogens (tertiary/aromatic N) is 3. The molecular weight excluding hydrogens is 495 g/mol. The van der Waals surface area contributed by atoms with Crippen molar-refractivity contribution >= 4 is 62.9 Å². The van der Waals surface area contributed by atoms with E-state index in [1.165, 1.54) is 28.8 Å². The number of amides is 2. The van der Waals surface area contributed by atoms with Crippen LogP contribution in [0, 0.1) is 18.7 Å². The molecule has 0 saturated carbocycles. The SMILES string of the molecule is Cc1cccc2cc(/C=C3\SC(=S)N(Cc4ccc(F)cc4)C3=O)c(N3CCC(C(N)=O)CC3)nc12. The molecule has 2 aliphatic rings. The Kier molecular flexibility index (Phi) is 6.77. The number of piperidine rings is 1. The Balaban J connectivity index is 1.49. The van der Waals surface area contributed by atoms with E-state index in [-0.39, 0.29) is 30.1 Å². The third-order valence-corrected chi connectivity index (χ3v) is 8.04. The molecule has 2 aliphatic heterocycles. The Bertz CT molecular complexity index is 1400. The first-order chi connectivity index (χ1) is 17.3. The van der Waals surface area contributed by atoms with E-state index in [2.05, 4.69) is 11.0 Å². The van der Waals surface area contributed by atoms with Crippen molar-refractivity contribution in [2.24, 2.45) is 11.7 Å². The molecule has 9 heteroatoms. The summed E-state index contributed by atoms with van der Waals surface area (Å²) in [6.45, 7) is 3.62. The number of hydrogen-bond acceptors (Lipinski definition) is 6. The van der Waals surface area contributed by atoms with Crippen molar-refractivity contribution in [1.82, 2.24) is 9.88 Å². The minimum Gasteiger partial charge on any atom is -0.369 e. The van der Waals surface area contributed by atoms with Crippen molar-refractivity contribution in [3.05, 3.63) is 75.9 Å². The molecular formula is C27H25FN4O2S2. The predicted octanol–water partition coefficient (Wildman–Crippen LogP) is 4.79. The van der Waals surface area contributed by atoms with Crippen molar-refractivity contribution in [3.8, 4) is 0 Å². The van der Waals surface area contributed by atoms with Crippen molar-refractivity contribution in [1.29, 1.82) is 0 Å². The lowest BCUT2D eigenvalue weighted by atomic mass is 9.96. The summed E-state index contributed by atoms with van der Waals surface area (Å²) in [5, 5.41) is 0.985. The molecule has 2 saturated heterocycles. The number of primary amides is 1. The first-order valence-electron chi connectivity index (χ1n) is 11.7. The standard InChI is InChI=1S/C27H25FN4O2S2/c1-16-3-2-4-19-13-20(25(30-23(16)19)31-11-9-18(10-12-31)24(29)33)14-22-26(34)32(27(35)36-22)15-17-5-7-21(28)8-6-17/h2-8,13-14,18H,9-12,15H2,1H3,(H2,29,33)/b22-14-. The third kappa shape index (κ3) is 4.85. The van der Waals surface area contributed by atoms with Gasteiger partial charge < -0.3 is 10.6 Å². The summed E-state index contributed by atoms with van der Waals surface area (Å²) in [6, 6.07) is 14.1. The lowest BCUT2D eigenvalue weighted by molar-refractivity contribution is -0.123. The number of para-hydroxylation sites is 1. The number of fused-ring (bicyclic) bond motifs is 1. The molecule has 0 radical (unpaired) electrons. The highest BCUT2D eigenvalue weighted by Gasteiger charge is 2.33. The molecule has 0 bridgehead atoms. The molecule has 2 N–H and O–H groups in total. The number of anilines is 1. The fourth-order valence-electron chi connectivity index (χ4n) is 4.64. The quantitative estimate of drug-likeness (QED) is 0.385. The van der Waals surface area contributed by atoms with E-state index in [4.69, 9.17) is 22.9 Å². The van der Waals surface area contributed by atoms with E-state index in [9.17, 15) is 14.0 Å². The van der Waals surface area contributed by atoms with E-state index in [0.29, 0.717) is 35.2 Å². The number of aryl methyl sites for hydroxylation is 1. The average Bonchev–Trinajstić information content (AvgIpc) is 3.12. The van der Waals surface area contributed by atoms with Crippen LogP contribution in [0.25, 0.3) is 17.0 Å². The van der Waals surface area contributed by atoms with Crippen molar-refractivity contribution in [3.63, 3.8) is 0 Å². The number of hydrogen-bond donors (Lipinski definition) is 1. The topological polar surface area (TPSA) is 79.5 Å². The highest BCUT2D eigenvalue weighted by Crippen LogP contribution is 2.37. The van der Waals surface area contributed by atoms with Gasteiger partial charge in [-0.25, -0.2) is 9.37 Å². The second-order valence-electron chi connectivity index (χ2n) is 9.11. The van der Waals surface area contributed by atoms with Gasteiger partial charge in [-0.2, -0.15) is 0 Å². The van der Waals surface area contributed by atoms with Crippen LogP contribution in [-0.2, 0) is 16.1 Å². The first kappa shape index (κ1) is 24.4. The van der Waals surface area contributed by atoms with Gasteiger partial charge in [0.15, 0.2) is 0 Å². The molecule has 6 nitrogen and oxygen atoms in total. The van der Waals surface area contributed by atoms with Crippen molar-refractivity contribution in [2.45, 2.75) is 26.3 Å². The molecule has 0 spiro atoms. The number of carbonyl (C=O) groups excluding carboxylic acids is 2. The number of nitrogens with two attached hydrogens (primary N) is 1. The lowest BCUT2D eigenvalue weighted by Crippen LogP contribution is -2.39. The van der Waals surface area contributed by atoms with Crippen LogP contribution < -0.4 is 10.6 Å². The van der Waals surface area contributed by atoms with Crippen LogP contribution in [0.15, 0.2) is 53.4 Å². The number of benzene rings is 2. The molecule has 0 atom stereocenters. The molecule has 2 fully saturated rings. The van der Waals surface area contributed by atoms with E-state index < -0.39 is 0 Å². The predicted molar refractivity (Wildman–Crippen MR) is 146 cm³/mol. The second kappa shape index (κ2) is 9.99. The summed E-state index contributed by atoms with van der Waals surface area (Å²) in [7, 11) is 0. The summed E-state index contributed by atoms with van der Waals surface area (Å²) in [5.41, 5.74) is 9.13. The minimum absolute atomic E-state index is 0.130. The first-order valence-corrected chi connectivity index (χ1v) is 13.0. The Labute approximate surface area is 218 Å². The van der Waals surface area contributed by atoms with Gasteiger partial charge in [0.25, 0.3) is 5.91 Å². The molecule has 2 amide bonds. The molecule has 1 aromatic heterocycles. The summed E-state index contributed by atoms with van der Waals surface area (Å²) >= 11 is 6.76. The number of halogens is 1. The Hall–Kier alpha value is -3.30. The molecule has 3 heterocycles. The highest BCUT2D eigenvalue weighted by molar-refractivity contribution is 8.26. The Morgan fingerprint density at radius 2 is 1.94 bits per heavy atom. The maximum absolute atomic E-state index is 13.3. The smallest absolute Gasteiger partial charge is 0.266 e. The minimum atomic E-state index is -0.324. The Morgan fingerprint density at radius 1 is 1.22 bits per heavy atom. The number of pyridine rings is 1. The number of rotatable bonds is 5. The van der Waals surface area contributed by atoms with Crippen molar-refractivity contribution in [2.75, 3.05) is 18.0 Å². The van der Waals surface area contributed by atoms with Crippen LogP contribution in [0.5, 0.6) is 0 Å². The monoisotopic (exact) mass is 520 g/mol. The number of thioether (sulfide) groups is 1. The maximum atomic E-state index is 13.3. The molecule has 3 aromatic rings. The molecule has 2 aromatic carbocycles. The fraction of sp³-hybridized carbons (Fsp3) is 0.259. The van der Waals surface area contributed by atoms with Crippen LogP contribution in [0.1, 0.15) is 29.5 Å². The second-order valence-corrected chi connectivity index (χ2v) is 10.8. The summed E-state index contributed by atoms with van der Waals surface area (Å²) in [6.07, 6.45) is 3.19. The molecule has 36 heavy (non-hydrogen) atoms. The van der Waals surface area contributed by atoms with Gasteiger partial charge in [0, 0.05) is 30.0 Å². The fourth-order valence-corrected chi connectivity index (χ4v) is 5.88. The normalized spacial score (nSPS) is 18.0. The van der Waals surface area contributed by atoms with Gasteiger partial charge in [-0.15, -0.1) is 0 Å². The van der Waals surface area contributed by atoms with E-state index in [1.807, 2.05) is 31.2 Å². The average molecular weight is 521 g/mol. The molecule has 184 valence electrons. The van der Waals surface area contributed by atoms with Crippen LogP contribution >= 0.6 is 24.0 Å². The number of carbonyl (C=O) groups is 2. The van der Waals surface area contributed by atoms with E-state index in [1.54, 1.807) is 12.1 Å². The molecule has 0 unspecified atom stereocenters. The number of thiocarbonyl (C=S) groups is 1.